The molecule has 180 valence electrons. The van der Waals surface area contributed by atoms with Gasteiger partial charge in [-0.25, -0.2) is 21.9 Å². The van der Waals surface area contributed by atoms with Crippen molar-refractivity contribution in [1.29, 1.82) is 0 Å². The van der Waals surface area contributed by atoms with Crippen LogP contribution in [0.3, 0.4) is 0 Å². The number of rotatable bonds is 6. The van der Waals surface area contributed by atoms with Gasteiger partial charge in [0.2, 0.25) is 10.0 Å². The summed E-state index contributed by atoms with van der Waals surface area (Å²) in [5, 5.41) is 6.90. The van der Waals surface area contributed by atoms with E-state index in [1.54, 1.807) is 6.92 Å². The Morgan fingerprint density at radius 3 is 2.74 bits per heavy atom. The zero-order valence-electron chi connectivity index (χ0n) is 19.0. The third kappa shape index (κ3) is 4.88. The first-order valence-corrected chi connectivity index (χ1v) is 12.5. The lowest BCUT2D eigenvalue weighted by molar-refractivity contribution is 0.102. The molecule has 0 aliphatic carbocycles. The average Bonchev–Trinajstić information content (AvgIpc) is 3.15. The van der Waals surface area contributed by atoms with Crippen molar-refractivity contribution in [3.05, 3.63) is 77.0 Å². The summed E-state index contributed by atoms with van der Waals surface area (Å²) in [4.78, 5) is 13.1. The molecule has 1 unspecified atom stereocenters. The number of carbonyl (C=O) groups is 1. The second kappa shape index (κ2) is 9.63. The van der Waals surface area contributed by atoms with Crippen molar-refractivity contribution in [1.82, 2.24) is 14.1 Å². The van der Waals surface area contributed by atoms with Gasteiger partial charge in [0.25, 0.3) is 5.91 Å². The average molecular weight is 489 g/mol. The quantitative estimate of drug-likeness (QED) is 0.560. The van der Waals surface area contributed by atoms with E-state index >= 15 is 0 Å². The molecule has 1 aliphatic rings. The predicted octanol–water partition coefficient (Wildman–Crippen LogP) is 4.33. The Balaban J connectivity index is 1.57. The highest BCUT2D eigenvalue weighted by Crippen LogP contribution is 2.26. The van der Waals surface area contributed by atoms with Crippen LogP contribution in [0.4, 0.5) is 14.6 Å². The van der Waals surface area contributed by atoms with Crippen LogP contribution in [0.2, 0.25) is 0 Å². The van der Waals surface area contributed by atoms with Crippen molar-refractivity contribution in [2.75, 3.05) is 11.9 Å². The summed E-state index contributed by atoms with van der Waals surface area (Å²) < 4.78 is 56.9. The Labute approximate surface area is 197 Å². The highest BCUT2D eigenvalue weighted by Gasteiger charge is 2.31. The Bertz CT molecular complexity index is 1320. The fraction of sp³-hybridized carbons (Fsp3) is 0.333. The van der Waals surface area contributed by atoms with E-state index in [9.17, 15) is 22.0 Å². The highest BCUT2D eigenvalue weighted by molar-refractivity contribution is 7.89. The van der Waals surface area contributed by atoms with Crippen LogP contribution >= 0.6 is 0 Å². The maximum Gasteiger partial charge on any atom is 0.256 e. The molecule has 4 rings (SSSR count). The number of anilines is 1. The number of halogens is 2. The molecule has 0 radical (unpaired) electrons. The van der Waals surface area contributed by atoms with Gasteiger partial charge in [0, 0.05) is 29.3 Å². The van der Waals surface area contributed by atoms with Gasteiger partial charge in [-0.2, -0.15) is 9.40 Å². The smallest absolute Gasteiger partial charge is 0.256 e. The molecule has 10 heteroatoms. The Morgan fingerprint density at radius 1 is 1.18 bits per heavy atom. The van der Waals surface area contributed by atoms with E-state index in [0.717, 1.165) is 37.5 Å². The minimum atomic E-state index is -3.74. The molecule has 1 saturated heterocycles. The lowest BCUT2D eigenvalue weighted by atomic mass is 10.1. The largest absolute Gasteiger partial charge is 0.307 e. The van der Waals surface area contributed by atoms with Crippen LogP contribution in [-0.4, -0.2) is 41.0 Å². The molecular formula is C24H26F2N4O3S. The summed E-state index contributed by atoms with van der Waals surface area (Å²) in [5.41, 5.74) is 0.869. The maximum atomic E-state index is 14.1. The van der Waals surface area contributed by atoms with E-state index in [0.29, 0.717) is 17.9 Å². The third-order valence-corrected chi connectivity index (χ3v) is 8.04. The number of aryl methyl sites for hydroxylation is 1. The zero-order valence-corrected chi connectivity index (χ0v) is 19.8. The van der Waals surface area contributed by atoms with E-state index in [-0.39, 0.29) is 28.6 Å². The molecule has 1 aliphatic heterocycles. The number of carbonyl (C=O) groups excluding carboxylic acids is 1. The first kappa shape index (κ1) is 24.0. The van der Waals surface area contributed by atoms with Crippen LogP contribution in [0.5, 0.6) is 0 Å². The summed E-state index contributed by atoms with van der Waals surface area (Å²) in [7, 11) is -3.74. The SMILES string of the molecule is Cc1cnn(Cc2cc(F)ccc2F)c1NC(=O)c1cccc(S(=O)(=O)N2CCCCC2C)c1. The minimum absolute atomic E-state index is 0.0564. The number of nitrogens with one attached hydrogen (secondary N) is 1. The summed E-state index contributed by atoms with van der Waals surface area (Å²) in [6.07, 6.45) is 4.10. The molecule has 0 saturated carbocycles. The van der Waals surface area contributed by atoms with E-state index in [4.69, 9.17) is 0 Å². The van der Waals surface area contributed by atoms with E-state index in [1.807, 2.05) is 6.92 Å². The summed E-state index contributed by atoms with van der Waals surface area (Å²) in [6, 6.07) is 8.93. The van der Waals surface area contributed by atoms with Crippen molar-refractivity contribution in [3.8, 4) is 0 Å². The van der Waals surface area contributed by atoms with E-state index in [1.165, 1.54) is 39.4 Å². The number of hydrogen-bond acceptors (Lipinski definition) is 4. The molecule has 0 bridgehead atoms. The first-order valence-electron chi connectivity index (χ1n) is 11.1. The van der Waals surface area contributed by atoms with Gasteiger partial charge in [-0.05, 0) is 63.1 Å². The molecule has 0 spiro atoms. The fourth-order valence-corrected chi connectivity index (χ4v) is 5.88. The Kier molecular flexibility index (Phi) is 6.81. The summed E-state index contributed by atoms with van der Waals surface area (Å²) >= 11 is 0. The van der Waals surface area contributed by atoms with Crippen LogP contribution in [-0.2, 0) is 16.6 Å². The molecule has 1 N–H and O–H groups in total. The number of benzene rings is 2. The standard InChI is InChI=1S/C24H26F2N4O3S/c1-16-14-27-29(15-19-12-20(25)9-10-22(19)26)23(16)28-24(31)18-7-5-8-21(13-18)34(32,33)30-11-4-3-6-17(30)2/h5,7-10,12-14,17H,3-4,6,11,15H2,1-2H3,(H,28,31). The minimum Gasteiger partial charge on any atom is -0.307 e. The van der Waals surface area contributed by atoms with Crippen LogP contribution < -0.4 is 5.32 Å². The molecular weight excluding hydrogens is 462 g/mol. The van der Waals surface area contributed by atoms with Crippen molar-refractivity contribution >= 4 is 21.7 Å². The van der Waals surface area contributed by atoms with Crippen molar-refractivity contribution in [2.45, 2.75) is 50.6 Å². The van der Waals surface area contributed by atoms with E-state index in [2.05, 4.69) is 10.4 Å². The van der Waals surface area contributed by atoms with Crippen molar-refractivity contribution < 1.29 is 22.0 Å². The molecule has 34 heavy (non-hydrogen) atoms. The molecule has 1 aromatic heterocycles. The topological polar surface area (TPSA) is 84.3 Å². The normalized spacial score (nSPS) is 17.0. The van der Waals surface area contributed by atoms with Gasteiger partial charge in [-0.3, -0.25) is 4.79 Å². The Hall–Kier alpha value is -3.11. The van der Waals surface area contributed by atoms with Crippen molar-refractivity contribution in [2.24, 2.45) is 0 Å². The van der Waals surface area contributed by atoms with Crippen LogP contribution in [0.25, 0.3) is 0 Å². The van der Waals surface area contributed by atoms with Crippen molar-refractivity contribution in [3.63, 3.8) is 0 Å². The lowest BCUT2D eigenvalue weighted by Crippen LogP contribution is -2.41. The molecule has 1 atom stereocenters. The molecule has 2 heterocycles. The number of aromatic nitrogens is 2. The predicted molar refractivity (Wildman–Crippen MR) is 124 cm³/mol. The van der Waals surface area contributed by atoms with Gasteiger partial charge < -0.3 is 5.32 Å². The molecule has 7 nitrogen and oxygen atoms in total. The molecule has 2 aromatic carbocycles. The first-order chi connectivity index (χ1) is 16.2. The number of nitrogens with zero attached hydrogens (tertiary/aromatic N) is 3. The Morgan fingerprint density at radius 2 is 1.97 bits per heavy atom. The molecule has 1 amide bonds. The zero-order chi connectivity index (χ0) is 24.5. The lowest BCUT2D eigenvalue weighted by Gasteiger charge is -2.32. The van der Waals surface area contributed by atoms with E-state index < -0.39 is 27.6 Å². The summed E-state index contributed by atoms with van der Waals surface area (Å²) in [6.45, 7) is 3.97. The second-order valence-electron chi connectivity index (χ2n) is 8.51. The van der Waals surface area contributed by atoms with Gasteiger partial charge in [0.15, 0.2) is 0 Å². The van der Waals surface area contributed by atoms with Gasteiger partial charge in [-0.15, -0.1) is 0 Å². The summed E-state index contributed by atoms with van der Waals surface area (Å²) in [5.74, 6) is -1.39. The number of hydrogen-bond donors (Lipinski definition) is 1. The second-order valence-corrected chi connectivity index (χ2v) is 10.4. The third-order valence-electron chi connectivity index (χ3n) is 6.03. The van der Waals surface area contributed by atoms with Gasteiger partial charge >= 0.3 is 0 Å². The van der Waals surface area contributed by atoms with Crippen LogP contribution in [0, 0.1) is 18.6 Å². The van der Waals surface area contributed by atoms with Gasteiger partial charge in [0.05, 0.1) is 17.6 Å². The highest BCUT2D eigenvalue weighted by atomic mass is 32.2. The van der Waals surface area contributed by atoms with Crippen LogP contribution in [0.15, 0.2) is 53.6 Å². The van der Waals surface area contributed by atoms with Gasteiger partial charge in [-0.1, -0.05) is 12.5 Å². The van der Waals surface area contributed by atoms with Crippen LogP contribution in [0.1, 0.15) is 47.7 Å². The maximum absolute atomic E-state index is 14.1. The number of piperidine rings is 1. The monoisotopic (exact) mass is 488 g/mol. The number of amides is 1. The number of sulfonamides is 1. The molecule has 3 aromatic rings. The van der Waals surface area contributed by atoms with Gasteiger partial charge in [0.1, 0.15) is 17.5 Å². The fourth-order valence-electron chi connectivity index (χ4n) is 4.13. The molecule has 1 fully saturated rings.